The van der Waals surface area contributed by atoms with E-state index in [9.17, 15) is 9.18 Å². The SMILES string of the molecule is COc1cc(NC(=O)c2sc3cc(F)ccc3c2Cl)cc(OC)c1. The molecule has 0 spiro atoms. The third kappa shape index (κ3) is 3.16. The van der Waals surface area contributed by atoms with Crippen molar-refractivity contribution in [1.82, 2.24) is 0 Å². The third-order valence-electron chi connectivity index (χ3n) is 3.41. The molecule has 0 aliphatic rings. The molecule has 1 aromatic heterocycles. The van der Waals surface area contributed by atoms with Gasteiger partial charge in [-0.15, -0.1) is 11.3 Å². The van der Waals surface area contributed by atoms with Crippen molar-refractivity contribution in [3.05, 3.63) is 52.1 Å². The Hall–Kier alpha value is -2.31. The number of anilines is 1. The van der Waals surface area contributed by atoms with Crippen LogP contribution in [-0.4, -0.2) is 20.1 Å². The second-order valence-corrected chi connectivity index (χ2v) is 6.37. The Morgan fingerprint density at radius 2 is 1.79 bits per heavy atom. The van der Waals surface area contributed by atoms with Crippen molar-refractivity contribution in [2.24, 2.45) is 0 Å². The summed E-state index contributed by atoms with van der Waals surface area (Å²) in [5, 5.41) is 3.71. The summed E-state index contributed by atoms with van der Waals surface area (Å²) in [6.07, 6.45) is 0. The lowest BCUT2D eigenvalue weighted by Crippen LogP contribution is -2.10. The number of carbonyl (C=O) groups excluding carboxylic acids is 1. The summed E-state index contributed by atoms with van der Waals surface area (Å²) < 4.78 is 24.3. The zero-order chi connectivity index (χ0) is 17.3. The summed E-state index contributed by atoms with van der Waals surface area (Å²) in [6, 6.07) is 9.27. The molecule has 124 valence electrons. The number of hydrogen-bond acceptors (Lipinski definition) is 4. The first-order valence-corrected chi connectivity index (χ1v) is 8.13. The van der Waals surface area contributed by atoms with Gasteiger partial charge in [0.25, 0.3) is 5.91 Å². The topological polar surface area (TPSA) is 47.6 Å². The number of hydrogen-bond donors (Lipinski definition) is 1. The van der Waals surface area contributed by atoms with Gasteiger partial charge < -0.3 is 14.8 Å². The molecule has 0 unspecified atom stereocenters. The Bertz CT molecular complexity index is 903. The number of benzene rings is 2. The molecule has 7 heteroatoms. The number of carbonyl (C=O) groups is 1. The Morgan fingerprint density at radius 1 is 1.12 bits per heavy atom. The minimum absolute atomic E-state index is 0.308. The van der Waals surface area contributed by atoms with Gasteiger partial charge in [-0.3, -0.25) is 4.79 Å². The monoisotopic (exact) mass is 365 g/mol. The Labute approximate surface area is 146 Å². The zero-order valence-electron chi connectivity index (χ0n) is 12.9. The summed E-state index contributed by atoms with van der Waals surface area (Å²) in [7, 11) is 3.05. The Kier molecular flexibility index (Phi) is 4.59. The van der Waals surface area contributed by atoms with Gasteiger partial charge in [0.15, 0.2) is 0 Å². The lowest BCUT2D eigenvalue weighted by atomic mass is 10.2. The summed E-state index contributed by atoms with van der Waals surface area (Å²) in [5.41, 5.74) is 0.510. The van der Waals surface area contributed by atoms with Gasteiger partial charge in [-0.25, -0.2) is 4.39 Å². The van der Waals surface area contributed by atoms with E-state index in [4.69, 9.17) is 21.1 Å². The van der Waals surface area contributed by atoms with Crippen LogP contribution in [0, 0.1) is 5.82 Å². The fraction of sp³-hybridized carbons (Fsp3) is 0.118. The van der Waals surface area contributed by atoms with Crippen LogP contribution in [0.15, 0.2) is 36.4 Å². The summed E-state index contributed by atoms with van der Waals surface area (Å²) >= 11 is 7.40. The zero-order valence-corrected chi connectivity index (χ0v) is 14.4. The standard InChI is InChI=1S/C17H13ClFNO3S/c1-22-11-6-10(7-12(8-11)23-2)20-17(21)16-15(18)13-4-3-9(19)5-14(13)24-16/h3-8H,1-2H3,(H,20,21). The van der Waals surface area contributed by atoms with E-state index in [1.54, 1.807) is 24.3 Å². The normalized spacial score (nSPS) is 10.7. The first-order valence-electron chi connectivity index (χ1n) is 6.94. The van der Waals surface area contributed by atoms with Gasteiger partial charge in [0.05, 0.1) is 19.2 Å². The van der Waals surface area contributed by atoms with E-state index in [-0.39, 0.29) is 11.7 Å². The number of thiophene rings is 1. The van der Waals surface area contributed by atoms with Gasteiger partial charge in [0, 0.05) is 34.0 Å². The van der Waals surface area contributed by atoms with Crippen LogP contribution in [0.5, 0.6) is 11.5 Å². The molecule has 1 amide bonds. The average Bonchev–Trinajstić information content (AvgIpc) is 2.90. The number of fused-ring (bicyclic) bond motifs is 1. The first kappa shape index (κ1) is 16.5. The van der Waals surface area contributed by atoms with Crippen LogP contribution in [0.3, 0.4) is 0 Å². The molecule has 0 bridgehead atoms. The highest BCUT2D eigenvalue weighted by atomic mass is 35.5. The van der Waals surface area contributed by atoms with E-state index in [1.807, 2.05) is 0 Å². The van der Waals surface area contributed by atoms with Crippen LogP contribution in [0.4, 0.5) is 10.1 Å². The van der Waals surface area contributed by atoms with Gasteiger partial charge in [0.2, 0.25) is 0 Å². The van der Waals surface area contributed by atoms with Crippen molar-refractivity contribution >= 4 is 44.6 Å². The lowest BCUT2D eigenvalue weighted by Gasteiger charge is -2.09. The fourth-order valence-corrected chi connectivity index (χ4v) is 3.69. The number of nitrogens with one attached hydrogen (secondary N) is 1. The molecule has 24 heavy (non-hydrogen) atoms. The molecule has 0 saturated carbocycles. The van der Waals surface area contributed by atoms with E-state index in [0.29, 0.717) is 37.2 Å². The molecule has 3 aromatic rings. The largest absolute Gasteiger partial charge is 0.497 e. The number of halogens is 2. The highest BCUT2D eigenvalue weighted by molar-refractivity contribution is 7.21. The second-order valence-electron chi connectivity index (χ2n) is 4.94. The van der Waals surface area contributed by atoms with Crippen LogP contribution >= 0.6 is 22.9 Å². The number of rotatable bonds is 4. The van der Waals surface area contributed by atoms with Gasteiger partial charge in [-0.05, 0) is 18.2 Å². The van der Waals surface area contributed by atoms with Crippen LogP contribution in [0.1, 0.15) is 9.67 Å². The van der Waals surface area contributed by atoms with Gasteiger partial charge >= 0.3 is 0 Å². The van der Waals surface area contributed by atoms with Gasteiger partial charge in [-0.2, -0.15) is 0 Å². The molecule has 0 atom stereocenters. The second kappa shape index (κ2) is 6.67. The minimum atomic E-state index is -0.378. The van der Waals surface area contributed by atoms with Crippen LogP contribution < -0.4 is 14.8 Å². The van der Waals surface area contributed by atoms with Crippen molar-refractivity contribution < 1.29 is 18.7 Å². The van der Waals surface area contributed by atoms with E-state index in [0.717, 1.165) is 11.3 Å². The Balaban J connectivity index is 1.94. The van der Waals surface area contributed by atoms with Crippen LogP contribution in [-0.2, 0) is 0 Å². The van der Waals surface area contributed by atoms with Gasteiger partial charge in [0.1, 0.15) is 22.2 Å². The molecule has 4 nitrogen and oxygen atoms in total. The van der Waals surface area contributed by atoms with E-state index in [2.05, 4.69) is 5.32 Å². The minimum Gasteiger partial charge on any atom is -0.497 e. The summed E-state index contributed by atoms with van der Waals surface area (Å²) in [4.78, 5) is 12.8. The molecule has 1 heterocycles. The maximum Gasteiger partial charge on any atom is 0.267 e. The lowest BCUT2D eigenvalue weighted by molar-refractivity contribution is 0.103. The maximum atomic E-state index is 13.3. The van der Waals surface area contributed by atoms with E-state index < -0.39 is 0 Å². The molecule has 0 radical (unpaired) electrons. The van der Waals surface area contributed by atoms with Gasteiger partial charge in [-0.1, -0.05) is 11.6 Å². The van der Waals surface area contributed by atoms with Crippen molar-refractivity contribution in [2.75, 3.05) is 19.5 Å². The predicted octanol–water partition coefficient (Wildman–Crippen LogP) is 4.96. The number of ether oxygens (including phenoxy) is 2. The highest BCUT2D eigenvalue weighted by Crippen LogP contribution is 2.36. The van der Waals surface area contributed by atoms with Crippen molar-refractivity contribution in [2.45, 2.75) is 0 Å². The van der Waals surface area contributed by atoms with Crippen LogP contribution in [0.2, 0.25) is 5.02 Å². The fourth-order valence-electron chi connectivity index (χ4n) is 2.25. The quantitative estimate of drug-likeness (QED) is 0.710. The average molecular weight is 366 g/mol. The Morgan fingerprint density at radius 3 is 2.42 bits per heavy atom. The molecule has 3 rings (SSSR count). The maximum absolute atomic E-state index is 13.3. The molecule has 2 aromatic carbocycles. The molecule has 0 aliphatic heterocycles. The summed E-state index contributed by atoms with van der Waals surface area (Å²) in [5.74, 6) is 0.352. The predicted molar refractivity (Wildman–Crippen MR) is 94.3 cm³/mol. The molecular formula is C17H13ClFNO3S. The van der Waals surface area contributed by atoms with E-state index in [1.165, 1.54) is 26.4 Å². The smallest absolute Gasteiger partial charge is 0.267 e. The molecule has 1 N–H and O–H groups in total. The number of methoxy groups -OCH3 is 2. The van der Waals surface area contributed by atoms with Crippen molar-refractivity contribution in [3.8, 4) is 11.5 Å². The number of amides is 1. The van der Waals surface area contributed by atoms with E-state index >= 15 is 0 Å². The molecule has 0 saturated heterocycles. The molecule has 0 aliphatic carbocycles. The highest BCUT2D eigenvalue weighted by Gasteiger charge is 2.18. The third-order valence-corrected chi connectivity index (χ3v) is 5.06. The van der Waals surface area contributed by atoms with Crippen LogP contribution in [0.25, 0.3) is 10.1 Å². The summed E-state index contributed by atoms with van der Waals surface area (Å²) in [6.45, 7) is 0. The van der Waals surface area contributed by atoms with Crippen molar-refractivity contribution in [1.29, 1.82) is 0 Å². The molecular weight excluding hydrogens is 353 g/mol. The van der Waals surface area contributed by atoms with Crippen molar-refractivity contribution in [3.63, 3.8) is 0 Å². The first-order chi connectivity index (χ1) is 11.5. The molecule has 0 fully saturated rings.